The van der Waals surface area contributed by atoms with Gasteiger partial charge in [0.05, 0.1) is 18.5 Å². The van der Waals surface area contributed by atoms with Gasteiger partial charge in [-0.1, -0.05) is 0 Å². The third-order valence-corrected chi connectivity index (χ3v) is 1.16. The van der Waals surface area contributed by atoms with E-state index in [2.05, 4.69) is 10.5 Å². The Hall–Kier alpha value is -2.09. The fraction of sp³-hybridized carbons (Fsp3) is 0.125. The number of carbonyl (C=O) groups excluding carboxylic acids is 1. The first kappa shape index (κ1) is 9.00. The smallest absolute Gasteiger partial charge is 0.254 e. The zero-order valence-corrected chi connectivity index (χ0v) is 6.73. The van der Waals surface area contributed by atoms with Gasteiger partial charge in [-0.15, -0.1) is 0 Å². The van der Waals surface area contributed by atoms with E-state index in [0.717, 1.165) is 0 Å². The van der Waals surface area contributed by atoms with Gasteiger partial charge in [0, 0.05) is 0 Å². The Balaban J connectivity index is 2.35. The Morgan fingerprint density at radius 1 is 1.85 bits per heavy atom. The maximum Gasteiger partial charge on any atom is 0.254 e. The zero-order chi connectivity index (χ0) is 9.52. The molecule has 1 aromatic heterocycles. The second kappa shape index (κ2) is 4.72. The van der Waals surface area contributed by atoms with Crippen molar-refractivity contribution in [3.8, 4) is 6.07 Å². The van der Waals surface area contributed by atoms with E-state index in [0.29, 0.717) is 5.76 Å². The van der Waals surface area contributed by atoms with Crippen molar-refractivity contribution in [1.29, 1.82) is 5.26 Å². The first-order valence-corrected chi connectivity index (χ1v) is 3.55. The molecule has 0 aliphatic rings. The van der Waals surface area contributed by atoms with Crippen LogP contribution in [0.15, 0.2) is 27.9 Å². The highest BCUT2D eigenvalue weighted by Crippen LogP contribution is 1.94. The lowest BCUT2D eigenvalue weighted by atomic mass is 10.5. The summed E-state index contributed by atoms with van der Waals surface area (Å²) in [6.07, 6.45) is 2.66. The minimum Gasteiger partial charge on any atom is -0.463 e. The van der Waals surface area contributed by atoms with Crippen LogP contribution >= 0.6 is 0 Å². The highest BCUT2D eigenvalue weighted by Gasteiger charge is 1.95. The summed E-state index contributed by atoms with van der Waals surface area (Å²) in [7, 11) is 0. The highest BCUT2D eigenvalue weighted by molar-refractivity contribution is 5.81. The van der Waals surface area contributed by atoms with E-state index in [4.69, 9.17) is 9.68 Å². The van der Waals surface area contributed by atoms with Crippen molar-refractivity contribution >= 4 is 12.1 Å². The molecule has 0 saturated heterocycles. The summed E-state index contributed by atoms with van der Waals surface area (Å²) >= 11 is 0. The van der Waals surface area contributed by atoms with Gasteiger partial charge in [0.2, 0.25) is 0 Å². The number of rotatable bonds is 3. The van der Waals surface area contributed by atoms with Gasteiger partial charge < -0.3 is 4.42 Å². The van der Waals surface area contributed by atoms with E-state index in [1.807, 2.05) is 0 Å². The van der Waals surface area contributed by atoms with Crippen molar-refractivity contribution in [2.45, 2.75) is 6.42 Å². The molecule has 0 atom stereocenters. The molecule has 5 heteroatoms. The van der Waals surface area contributed by atoms with Crippen LogP contribution in [0.1, 0.15) is 12.2 Å². The second-order valence-electron chi connectivity index (χ2n) is 2.14. The molecule has 1 rings (SSSR count). The average Bonchev–Trinajstić information content (AvgIpc) is 2.57. The molecule has 0 spiro atoms. The number of nitrogens with one attached hydrogen (secondary N) is 1. The Morgan fingerprint density at radius 3 is 3.31 bits per heavy atom. The minimum atomic E-state index is -0.440. The quantitative estimate of drug-likeness (QED) is 0.543. The lowest BCUT2D eigenvalue weighted by Crippen LogP contribution is -2.15. The average molecular weight is 177 g/mol. The lowest BCUT2D eigenvalue weighted by Gasteiger charge is -1.90. The maximum atomic E-state index is 10.7. The van der Waals surface area contributed by atoms with Crippen molar-refractivity contribution < 1.29 is 9.21 Å². The summed E-state index contributed by atoms with van der Waals surface area (Å²) in [6.45, 7) is 0. The molecular weight excluding hydrogens is 170 g/mol. The van der Waals surface area contributed by atoms with Gasteiger partial charge in [-0.2, -0.15) is 10.4 Å². The normalized spacial score (nSPS) is 9.77. The van der Waals surface area contributed by atoms with E-state index >= 15 is 0 Å². The van der Waals surface area contributed by atoms with Gasteiger partial charge in [0.1, 0.15) is 12.2 Å². The maximum absolute atomic E-state index is 10.7. The summed E-state index contributed by atoms with van der Waals surface area (Å²) in [5, 5.41) is 11.7. The molecule has 13 heavy (non-hydrogen) atoms. The third kappa shape index (κ3) is 3.20. The Morgan fingerprint density at radius 2 is 2.69 bits per heavy atom. The number of nitriles is 1. The third-order valence-electron chi connectivity index (χ3n) is 1.16. The molecule has 1 aromatic rings. The second-order valence-corrected chi connectivity index (χ2v) is 2.14. The van der Waals surface area contributed by atoms with Gasteiger partial charge in [0.25, 0.3) is 5.91 Å². The van der Waals surface area contributed by atoms with Crippen molar-refractivity contribution in [3.05, 3.63) is 24.2 Å². The first-order chi connectivity index (χ1) is 6.33. The number of hydrazone groups is 1. The van der Waals surface area contributed by atoms with Crippen LogP contribution in [-0.4, -0.2) is 12.1 Å². The molecule has 1 amide bonds. The molecule has 1 heterocycles. The molecule has 0 saturated carbocycles. The number of amides is 1. The van der Waals surface area contributed by atoms with E-state index in [9.17, 15) is 4.79 Å². The fourth-order valence-corrected chi connectivity index (χ4v) is 0.644. The van der Waals surface area contributed by atoms with Gasteiger partial charge >= 0.3 is 0 Å². The Labute approximate surface area is 74.7 Å². The van der Waals surface area contributed by atoms with Crippen LogP contribution in [0.25, 0.3) is 0 Å². The lowest BCUT2D eigenvalue weighted by molar-refractivity contribution is -0.120. The topological polar surface area (TPSA) is 78.4 Å². The van der Waals surface area contributed by atoms with E-state index in [1.165, 1.54) is 12.5 Å². The van der Waals surface area contributed by atoms with Gasteiger partial charge in [-0.05, 0) is 12.1 Å². The number of carbonyl (C=O) groups is 1. The van der Waals surface area contributed by atoms with Gasteiger partial charge in [-0.25, -0.2) is 5.43 Å². The van der Waals surface area contributed by atoms with Crippen molar-refractivity contribution in [2.75, 3.05) is 0 Å². The summed E-state index contributed by atoms with van der Waals surface area (Å²) in [5.74, 6) is 0.0996. The molecule has 0 fully saturated rings. The fourth-order valence-electron chi connectivity index (χ4n) is 0.644. The molecule has 66 valence electrons. The Bertz CT molecular complexity index is 335. The van der Waals surface area contributed by atoms with E-state index in [-0.39, 0.29) is 6.42 Å². The van der Waals surface area contributed by atoms with Gasteiger partial charge in [0.15, 0.2) is 0 Å². The summed E-state index contributed by atoms with van der Waals surface area (Å²) in [5.41, 5.74) is 2.17. The van der Waals surface area contributed by atoms with Crippen LogP contribution in [0.5, 0.6) is 0 Å². The van der Waals surface area contributed by atoms with E-state index in [1.54, 1.807) is 18.2 Å². The molecule has 0 radical (unpaired) electrons. The van der Waals surface area contributed by atoms with Gasteiger partial charge in [-0.3, -0.25) is 4.79 Å². The van der Waals surface area contributed by atoms with Crippen LogP contribution in [0.2, 0.25) is 0 Å². The van der Waals surface area contributed by atoms with E-state index < -0.39 is 5.91 Å². The largest absolute Gasteiger partial charge is 0.463 e. The standard InChI is InChI=1S/C8H7N3O2/c9-4-3-8(12)11-10-6-7-2-1-5-13-7/h1-2,5-6H,3H2,(H,11,12)/b10-6+. The monoisotopic (exact) mass is 177 g/mol. The molecule has 5 nitrogen and oxygen atoms in total. The molecule has 0 aliphatic heterocycles. The molecule has 0 unspecified atom stereocenters. The van der Waals surface area contributed by atoms with Crippen molar-refractivity contribution in [3.63, 3.8) is 0 Å². The zero-order valence-electron chi connectivity index (χ0n) is 6.73. The summed E-state index contributed by atoms with van der Waals surface area (Å²) < 4.78 is 4.91. The molecule has 0 bridgehead atoms. The Kier molecular flexibility index (Phi) is 3.27. The van der Waals surface area contributed by atoms with Crippen molar-refractivity contribution in [2.24, 2.45) is 5.10 Å². The molecule has 1 N–H and O–H groups in total. The molecule has 0 aromatic carbocycles. The van der Waals surface area contributed by atoms with Crippen LogP contribution in [0.4, 0.5) is 0 Å². The number of hydrogen-bond donors (Lipinski definition) is 1. The minimum absolute atomic E-state index is 0.199. The molecular formula is C8H7N3O2. The number of furan rings is 1. The van der Waals surface area contributed by atoms with Crippen LogP contribution < -0.4 is 5.43 Å². The molecule has 0 aliphatic carbocycles. The number of hydrogen-bond acceptors (Lipinski definition) is 4. The predicted octanol–water partition coefficient (Wildman–Crippen LogP) is 0.643. The van der Waals surface area contributed by atoms with Crippen LogP contribution in [-0.2, 0) is 4.79 Å². The predicted molar refractivity (Wildman–Crippen MR) is 44.7 cm³/mol. The van der Waals surface area contributed by atoms with Crippen LogP contribution in [0, 0.1) is 11.3 Å². The van der Waals surface area contributed by atoms with Crippen LogP contribution in [0.3, 0.4) is 0 Å². The highest BCUT2D eigenvalue weighted by atomic mass is 16.3. The SMILES string of the molecule is N#CCC(=O)N/N=C/c1ccco1. The van der Waals surface area contributed by atoms with Crippen molar-refractivity contribution in [1.82, 2.24) is 5.43 Å². The first-order valence-electron chi connectivity index (χ1n) is 3.55. The summed E-state index contributed by atoms with van der Waals surface area (Å²) in [6, 6.07) is 5.10. The summed E-state index contributed by atoms with van der Waals surface area (Å²) in [4.78, 5) is 10.7. The number of nitrogens with zero attached hydrogens (tertiary/aromatic N) is 2.